The maximum absolute atomic E-state index is 12.4. The van der Waals surface area contributed by atoms with E-state index >= 15 is 0 Å². The van der Waals surface area contributed by atoms with Gasteiger partial charge in [-0.2, -0.15) is 10.2 Å². The molecule has 0 saturated heterocycles. The van der Waals surface area contributed by atoms with Crippen molar-refractivity contribution in [1.29, 1.82) is 0 Å². The molecule has 3 nitrogen and oxygen atoms in total. The zero-order valence-electron chi connectivity index (χ0n) is 22.3. The Kier molecular flexibility index (Phi) is 10.6. The fraction of sp³-hybridized carbons (Fsp3) is 0.452. The van der Waals surface area contributed by atoms with Gasteiger partial charge in [0, 0.05) is 24.6 Å². The highest BCUT2D eigenvalue weighted by Gasteiger charge is 2.23. The third-order valence-electron chi connectivity index (χ3n) is 6.74. The third-order valence-corrected chi connectivity index (χ3v) is 6.74. The molecular formula is C31H42N2O. The Bertz CT molecular complexity index is 1170. The number of Topliss-reactive ketones (excluding diaryl/α,β-unsaturated/α-hetero) is 1. The summed E-state index contributed by atoms with van der Waals surface area (Å²) >= 11 is 0. The predicted octanol–water partition coefficient (Wildman–Crippen LogP) is 9.60. The van der Waals surface area contributed by atoms with E-state index in [0.717, 1.165) is 29.9 Å². The van der Waals surface area contributed by atoms with Crippen molar-refractivity contribution < 1.29 is 4.79 Å². The second-order valence-corrected chi connectivity index (χ2v) is 8.38. The molecule has 3 aromatic rings. The van der Waals surface area contributed by atoms with Gasteiger partial charge in [0.05, 0.1) is 5.70 Å². The number of aryl methyl sites for hydroxylation is 2. The number of carbonyl (C=O) groups excluding carboxylic acids is 1. The number of benzene rings is 3. The highest BCUT2D eigenvalue weighted by molar-refractivity contribution is 6.16. The van der Waals surface area contributed by atoms with E-state index in [1.165, 1.54) is 51.9 Å². The summed E-state index contributed by atoms with van der Waals surface area (Å²) in [5.41, 5.74) is 5.15. The van der Waals surface area contributed by atoms with Gasteiger partial charge in [-0.05, 0) is 63.9 Å². The Morgan fingerprint density at radius 1 is 0.971 bits per heavy atom. The van der Waals surface area contributed by atoms with Crippen molar-refractivity contribution in [2.75, 3.05) is 7.05 Å². The SMILES string of the molecule is C=C(N=NC)c1ccc2cc(CCC(CC)CC)c3ccc4c(c3c2c1)CCC4=O.CC.CC. The predicted molar refractivity (Wildman–Crippen MR) is 149 cm³/mol. The number of fused-ring (bicyclic) bond motifs is 5. The molecule has 0 bridgehead atoms. The van der Waals surface area contributed by atoms with E-state index in [9.17, 15) is 4.79 Å². The topological polar surface area (TPSA) is 41.8 Å². The van der Waals surface area contributed by atoms with Crippen LogP contribution in [0.4, 0.5) is 0 Å². The second kappa shape index (κ2) is 13.2. The molecule has 0 unspecified atom stereocenters. The van der Waals surface area contributed by atoms with Crippen molar-refractivity contribution in [3.05, 3.63) is 65.2 Å². The van der Waals surface area contributed by atoms with E-state index < -0.39 is 0 Å². The van der Waals surface area contributed by atoms with Crippen LogP contribution in [0.2, 0.25) is 0 Å². The van der Waals surface area contributed by atoms with Gasteiger partial charge in [-0.15, -0.1) is 0 Å². The third kappa shape index (κ3) is 5.63. The van der Waals surface area contributed by atoms with Crippen LogP contribution in [0, 0.1) is 5.92 Å². The molecule has 34 heavy (non-hydrogen) atoms. The first-order valence-electron chi connectivity index (χ1n) is 13.1. The maximum atomic E-state index is 12.4. The van der Waals surface area contributed by atoms with Gasteiger partial charge in [-0.25, -0.2) is 0 Å². The molecule has 0 radical (unpaired) electrons. The second-order valence-electron chi connectivity index (χ2n) is 8.38. The summed E-state index contributed by atoms with van der Waals surface area (Å²) in [7, 11) is 1.66. The van der Waals surface area contributed by atoms with E-state index in [2.05, 4.69) is 61.0 Å². The van der Waals surface area contributed by atoms with Crippen LogP contribution in [0.15, 0.2) is 53.2 Å². The van der Waals surface area contributed by atoms with E-state index in [-0.39, 0.29) is 5.78 Å². The van der Waals surface area contributed by atoms with Crippen molar-refractivity contribution in [1.82, 2.24) is 0 Å². The fourth-order valence-electron chi connectivity index (χ4n) is 4.90. The normalized spacial score (nSPS) is 12.5. The molecule has 1 aliphatic rings. The first kappa shape index (κ1) is 27.4. The van der Waals surface area contributed by atoms with Crippen LogP contribution in [0.25, 0.3) is 27.2 Å². The molecule has 0 aromatic heterocycles. The summed E-state index contributed by atoms with van der Waals surface area (Å²) in [6.45, 7) is 16.6. The first-order chi connectivity index (χ1) is 16.6. The van der Waals surface area contributed by atoms with Crippen LogP contribution in [-0.2, 0) is 12.8 Å². The van der Waals surface area contributed by atoms with Crippen LogP contribution >= 0.6 is 0 Å². The summed E-state index contributed by atoms with van der Waals surface area (Å²) < 4.78 is 0. The van der Waals surface area contributed by atoms with E-state index in [0.29, 0.717) is 12.1 Å². The minimum Gasteiger partial charge on any atom is -0.294 e. The molecular weight excluding hydrogens is 416 g/mol. The van der Waals surface area contributed by atoms with Crippen molar-refractivity contribution in [3.63, 3.8) is 0 Å². The molecule has 0 spiro atoms. The minimum atomic E-state index is 0.267. The molecule has 1 aliphatic carbocycles. The molecule has 3 aromatic carbocycles. The lowest BCUT2D eigenvalue weighted by molar-refractivity contribution is 0.0994. The zero-order valence-corrected chi connectivity index (χ0v) is 22.3. The summed E-state index contributed by atoms with van der Waals surface area (Å²) in [5, 5.41) is 13.0. The lowest BCUT2D eigenvalue weighted by Crippen LogP contribution is -2.01. The van der Waals surface area contributed by atoms with Gasteiger partial charge in [0.1, 0.15) is 0 Å². The van der Waals surface area contributed by atoms with Gasteiger partial charge in [0.25, 0.3) is 0 Å². The number of rotatable bonds is 7. The molecule has 182 valence electrons. The van der Waals surface area contributed by atoms with Gasteiger partial charge in [-0.1, -0.05) is 91.3 Å². The Morgan fingerprint density at radius 2 is 1.68 bits per heavy atom. The molecule has 0 atom stereocenters. The average Bonchev–Trinajstić information content (AvgIpc) is 3.27. The van der Waals surface area contributed by atoms with Crippen LogP contribution in [0.1, 0.15) is 94.3 Å². The number of hydrogen-bond acceptors (Lipinski definition) is 3. The van der Waals surface area contributed by atoms with E-state index in [1.807, 2.05) is 33.8 Å². The van der Waals surface area contributed by atoms with Crippen molar-refractivity contribution in [3.8, 4) is 0 Å². The zero-order chi connectivity index (χ0) is 25.3. The Morgan fingerprint density at radius 3 is 2.32 bits per heavy atom. The molecule has 0 aliphatic heterocycles. The fourth-order valence-corrected chi connectivity index (χ4v) is 4.90. The van der Waals surface area contributed by atoms with Gasteiger partial charge in [-0.3, -0.25) is 4.79 Å². The van der Waals surface area contributed by atoms with Crippen LogP contribution in [-0.4, -0.2) is 12.8 Å². The number of hydrogen-bond donors (Lipinski definition) is 0. The van der Waals surface area contributed by atoms with Crippen molar-refractivity contribution >= 4 is 33.0 Å². The standard InChI is InChI=1S/C27H30N2O.2C2H6/c1-5-18(6-2)7-8-20-15-21-10-9-19(17(3)29-28-4)16-25(21)27-22(20)11-12-23-24(27)13-14-26(23)30;2*1-2/h9-12,15-16,18H,3,5-8,13-14H2,1-2,4H3;2*1-2H3. The maximum Gasteiger partial charge on any atom is 0.163 e. The van der Waals surface area contributed by atoms with Crippen LogP contribution in [0.5, 0.6) is 0 Å². The highest BCUT2D eigenvalue weighted by Crippen LogP contribution is 2.38. The largest absolute Gasteiger partial charge is 0.294 e. The molecule has 0 N–H and O–H groups in total. The van der Waals surface area contributed by atoms with Gasteiger partial charge < -0.3 is 0 Å². The Labute approximate surface area is 206 Å². The Hall–Kier alpha value is -2.81. The lowest BCUT2D eigenvalue weighted by Gasteiger charge is -2.17. The summed E-state index contributed by atoms with van der Waals surface area (Å²) in [4.78, 5) is 12.4. The van der Waals surface area contributed by atoms with Crippen molar-refractivity contribution in [2.45, 2.75) is 80.1 Å². The number of nitrogens with zero attached hydrogens (tertiary/aromatic N) is 2. The Balaban J connectivity index is 0.000000970. The molecule has 0 amide bonds. The molecule has 0 heterocycles. The first-order valence-corrected chi connectivity index (χ1v) is 13.1. The summed E-state index contributed by atoms with van der Waals surface area (Å²) in [6, 6.07) is 13.0. The number of carbonyl (C=O) groups is 1. The molecule has 0 saturated carbocycles. The van der Waals surface area contributed by atoms with Gasteiger partial charge in [0.15, 0.2) is 5.78 Å². The van der Waals surface area contributed by atoms with Crippen LogP contribution in [0.3, 0.4) is 0 Å². The van der Waals surface area contributed by atoms with E-state index in [4.69, 9.17) is 0 Å². The molecule has 3 heteroatoms. The lowest BCUT2D eigenvalue weighted by atomic mass is 9.87. The monoisotopic (exact) mass is 458 g/mol. The summed E-state index contributed by atoms with van der Waals surface area (Å²) in [5.74, 6) is 1.03. The highest BCUT2D eigenvalue weighted by atomic mass is 16.1. The molecule has 4 rings (SSSR count). The van der Waals surface area contributed by atoms with Crippen LogP contribution < -0.4 is 0 Å². The number of ketones is 1. The number of azo groups is 1. The summed E-state index contributed by atoms with van der Waals surface area (Å²) in [6.07, 6.45) is 6.17. The van der Waals surface area contributed by atoms with Gasteiger partial charge in [0.2, 0.25) is 0 Å². The minimum absolute atomic E-state index is 0.267. The van der Waals surface area contributed by atoms with Gasteiger partial charge >= 0.3 is 0 Å². The quantitative estimate of drug-likeness (QED) is 0.257. The van der Waals surface area contributed by atoms with Crippen molar-refractivity contribution in [2.24, 2.45) is 16.1 Å². The smallest absolute Gasteiger partial charge is 0.163 e. The molecule has 0 fully saturated rings. The van der Waals surface area contributed by atoms with E-state index in [1.54, 1.807) is 7.05 Å². The average molecular weight is 459 g/mol.